The van der Waals surface area contributed by atoms with Gasteiger partial charge in [-0.3, -0.25) is 0 Å². The molecule has 2 heterocycles. The molecule has 0 aliphatic rings. The van der Waals surface area contributed by atoms with Gasteiger partial charge < -0.3 is 4.23 Å². The Kier molecular flexibility index (Phi) is 6.76. The number of halogens is 1. The number of fused-ring (bicyclic) bond motifs is 1. The average molecular weight is 377 g/mol. The van der Waals surface area contributed by atoms with Crippen LogP contribution < -0.4 is 0 Å². The maximum atomic E-state index is 4.68. The number of rotatable bonds is 4. The van der Waals surface area contributed by atoms with Crippen molar-refractivity contribution in [3.05, 3.63) is 29.0 Å². The van der Waals surface area contributed by atoms with Gasteiger partial charge in [0.2, 0.25) is 0 Å². The van der Waals surface area contributed by atoms with E-state index in [2.05, 4.69) is 79.0 Å². The van der Waals surface area contributed by atoms with Gasteiger partial charge in [-0.25, -0.2) is 4.98 Å². The van der Waals surface area contributed by atoms with Crippen LogP contribution in [-0.4, -0.2) is 47.0 Å². The van der Waals surface area contributed by atoms with Crippen molar-refractivity contribution in [1.82, 2.24) is 9.22 Å². The predicted octanol–water partition coefficient (Wildman–Crippen LogP) is 5.17. The average Bonchev–Trinajstić information content (AvgIpc) is 2.74. The van der Waals surface area contributed by atoms with E-state index in [0.717, 1.165) is 10.1 Å². The molecule has 0 amide bonds. The molecule has 0 fully saturated rings. The number of pyridine rings is 1. The van der Waals surface area contributed by atoms with Gasteiger partial charge in [-0.1, -0.05) is 41.5 Å². The van der Waals surface area contributed by atoms with E-state index < -0.39 is 8.24 Å². The number of nitrogens with zero attached hydrogens (tertiary/aromatic N) is 2. The molecule has 5 heteroatoms. The van der Waals surface area contributed by atoms with Crippen molar-refractivity contribution in [2.24, 2.45) is 0 Å². The van der Waals surface area contributed by atoms with Crippen molar-refractivity contribution in [3.63, 3.8) is 0 Å². The molecule has 0 radical (unpaired) electrons. The van der Waals surface area contributed by atoms with Crippen molar-refractivity contribution in [2.45, 2.75) is 58.2 Å². The Hall–Kier alpha value is 0.387. The summed E-state index contributed by atoms with van der Waals surface area (Å²) in [5, 5.41) is 1.23. The summed E-state index contributed by atoms with van der Waals surface area (Å²) in [6, 6.07) is 4.23. The zero-order valence-corrected chi connectivity index (χ0v) is 15.9. The van der Waals surface area contributed by atoms with E-state index >= 15 is 0 Å². The summed E-state index contributed by atoms with van der Waals surface area (Å²) in [6.07, 6.45) is 4.18. The first-order chi connectivity index (χ1) is 9.33. The molecule has 0 aliphatic carbocycles. The summed E-state index contributed by atoms with van der Waals surface area (Å²) in [5.41, 5.74) is 3.18. The van der Waals surface area contributed by atoms with Gasteiger partial charge in [0.05, 0.1) is 0 Å². The molecular formula is C16H26BrN2NaSi. The Balaban J connectivity index is 0.00000220. The van der Waals surface area contributed by atoms with Crippen molar-refractivity contribution in [2.75, 3.05) is 0 Å². The van der Waals surface area contributed by atoms with Crippen molar-refractivity contribution in [1.29, 1.82) is 0 Å². The molecule has 0 N–H and O–H groups in total. The van der Waals surface area contributed by atoms with Crippen molar-refractivity contribution < 1.29 is 0 Å². The second kappa shape index (κ2) is 7.31. The number of aromatic nitrogens is 2. The van der Waals surface area contributed by atoms with Gasteiger partial charge in [-0.2, -0.15) is 0 Å². The Morgan fingerprint density at radius 2 is 1.52 bits per heavy atom. The third-order valence-corrected chi connectivity index (χ3v) is 12.2. The van der Waals surface area contributed by atoms with E-state index in [0.29, 0.717) is 16.6 Å². The van der Waals surface area contributed by atoms with Crippen molar-refractivity contribution >= 4 is 64.8 Å². The van der Waals surface area contributed by atoms with E-state index in [1.54, 1.807) is 0 Å². The molecule has 0 aromatic carbocycles. The van der Waals surface area contributed by atoms with E-state index in [-0.39, 0.29) is 29.6 Å². The molecule has 0 bridgehead atoms. The van der Waals surface area contributed by atoms with Crippen LogP contribution in [0.5, 0.6) is 0 Å². The summed E-state index contributed by atoms with van der Waals surface area (Å²) in [7, 11) is -1.71. The third-order valence-electron chi connectivity index (χ3n) is 4.73. The van der Waals surface area contributed by atoms with Crippen LogP contribution >= 0.6 is 15.9 Å². The zero-order valence-electron chi connectivity index (χ0n) is 13.3. The maximum absolute atomic E-state index is 4.68. The Morgan fingerprint density at radius 3 is 2.00 bits per heavy atom. The molecule has 21 heavy (non-hydrogen) atoms. The molecule has 2 rings (SSSR count). The molecule has 2 aromatic heterocycles. The summed E-state index contributed by atoms with van der Waals surface area (Å²) in [6.45, 7) is 14.3. The zero-order chi connectivity index (χ0) is 15.1. The Morgan fingerprint density at radius 1 is 1.00 bits per heavy atom. The SMILES string of the molecule is CC(C)[Si](C(C)C)(C(C)C)n1ccc2c(Br)ccnc21.[NaH]. The predicted molar refractivity (Wildman–Crippen MR) is 101 cm³/mol. The fourth-order valence-corrected chi connectivity index (χ4v) is 11.1. The van der Waals surface area contributed by atoms with Crippen LogP contribution in [0.1, 0.15) is 41.5 Å². The van der Waals surface area contributed by atoms with Gasteiger partial charge in [-0.05, 0) is 50.9 Å². The number of hydrogen-bond donors (Lipinski definition) is 0. The van der Waals surface area contributed by atoms with Crippen LogP contribution in [0.25, 0.3) is 11.0 Å². The summed E-state index contributed by atoms with van der Waals surface area (Å²) >= 11 is 3.65. The van der Waals surface area contributed by atoms with Gasteiger partial charge in [0.25, 0.3) is 0 Å². The molecule has 0 spiro atoms. The van der Waals surface area contributed by atoms with Gasteiger partial charge in [0, 0.05) is 16.1 Å². The minimum absolute atomic E-state index is 0. The topological polar surface area (TPSA) is 17.8 Å². The first-order valence-electron chi connectivity index (χ1n) is 7.45. The number of hydrogen-bond acceptors (Lipinski definition) is 1. The second-order valence-electron chi connectivity index (χ2n) is 6.57. The Labute approximate surface area is 160 Å². The van der Waals surface area contributed by atoms with Gasteiger partial charge >= 0.3 is 29.6 Å². The summed E-state index contributed by atoms with van der Waals surface area (Å²) in [5.74, 6) is 0. The van der Waals surface area contributed by atoms with Crippen LogP contribution in [0.15, 0.2) is 29.0 Å². The standard InChI is InChI=1S/C16H25BrN2Si.Na.H/c1-11(2)20(12(3)4,13(5)6)19-10-8-14-15(17)7-9-18-16(14)19;;/h7-13H,1-6H3;;. The van der Waals surface area contributed by atoms with Crippen LogP contribution in [-0.2, 0) is 0 Å². The molecule has 2 nitrogen and oxygen atoms in total. The quantitative estimate of drug-likeness (QED) is 0.672. The van der Waals surface area contributed by atoms with Gasteiger partial charge in [0.1, 0.15) is 5.65 Å². The molecular weight excluding hydrogens is 351 g/mol. The summed E-state index contributed by atoms with van der Waals surface area (Å²) < 4.78 is 3.69. The second-order valence-corrected chi connectivity index (χ2v) is 13.1. The molecule has 0 unspecified atom stereocenters. The fourth-order valence-electron chi connectivity index (χ4n) is 4.15. The molecule has 2 aromatic rings. The monoisotopic (exact) mass is 376 g/mol. The molecule has 0 aliphatic heterocycles. The van der Waals surface area contributed by atoms with Crippen LogP contribution in [0.2, 0.25) is 16.6 Å². The van der Waals surface area contributed by atoms with E-state index in [1.807, 2.05) is 12.3 Å². The normalized spacial score (nSPS) is 12.5. The first kappa shape index (κ1) is 19.4. The van der Waals surface area contributed by atoms with E-state index in [4.69, 9.17) is 0 Å². The Bertz CT molecular complexity index is 586. The van der Waals surface area contributed by atoms with Crippen molar-refractivity contribution in [3.8, 4) is 0 Å². The fraction of sp³-hybridized carbons (Fsp3) is 0.562. The molecule has 112 valence electrons. The van der Waals surface area contributed by atoms with Crippen LogP contribution in [0, 0.1) is 0 Å². The first-order valence-corrected chi connectivity index (χ1v) is 10.4. The van der Waals surface area contributed by atoms with Crippen LogP contribution in [0.3, 0.4) is 0 Å². The van der Waals surface area contributed by atoms with Gasteiger partial charge in [0.15, 0.2) is 8.24 Å². The minimum atomic E-state index is -1.71. The molecule has 0 saturated carbocycles. The van der Waals surface area contributed by atoms with E-state index in [9.17, 15) is 0 Å². The molecule has 0 atom stereocenters. The third kappa shape index (κ3) is 3.07. The van der Waals surface area contributed by atoms with Gasteiger partial charge in [-0.15, -0.1) is 0 Å². The van der Waals surface area contributed by atoms with Crippen LogP contribution in [0.4, 0.5) is 0 Å². The molecule has 0 saturated heterocycles. The summed E-state index contributed by atoms with van der Waals surface area (Å²) in [4.78, 5) is 4.68. The van der Waals surface area contributed by atoms with E-state index in [1.165, 1.54) is 5.39 Å².